The molecule has 3 N–H and O–H groups in total. The molecular weight excluding hydrogens is 492 g/mol. The van der Waals surface area contributed by atoms with E-state index in [1.165, 1.54) is 0 Å². The van der Waals surface area contributed by atoms with Gasteiger partial charge in [0.05, 0.1) is 23.0 Å². The van der Waals surface area contributed by atoms with Crippen molar-refractivity contribution in [3.63, 3.8) is 0 Å². The summed E-state index contributed by atoms with van der Waals surface area (Å²) in [6, 6.07) is 13.9. The third kappa shape index (κ3) is 4.78. The number of carbonyl (C=O) groups is 2. The number of hydrogen-bond acceptors (Lipinski definition) is 6. The van der Waals surface area contributed by atoms with Crippen LogP contribution >= 0.6 is 0 Å². The summed E-state index contributed by atoms with van der Waals surface area (Å²) in [6.07, 6.45) is 3.50. The van der Waals surface area contributed by atoms with Crippen molar-refractivity contribution in [1.29, 1.82) is 0 Å². The van der Waals surface area contributed by atoms with Gasteiger partial charge in [-0.05, 0) is 48.2 Å². The van der Waals surface area contributed by atoms with Crippen molar-refractivity contribution in [2.75, 3.05) is 31.5 Å². The van der Waals surface area contributed by atoms with E-state index in [1.54, 1.807) is 4.57 Å². The van der Waals surface area contributed by atoms with Crippen LogP contribution in [0, 0.1) is 6.92 Å². The van der Waals surface area contributed by atoms with Gasteiger partial charge in [-0.15, -0.1) is 0 Å². The number of carbonyl (C=O) groups excluding carboxylic acids is 2. The predicted octanol–water partition coefficient (Wildman–Crippen LogP) is 3.08. The zero-order valence-electron chi connectivity index (χ0n) is 22.4. The lowest BCUT2D eigenvalue weighted by molar-refractivity contribution is -0.116. The van der Waals surface area contributed by atoms with E-state index in [2.05, 4.69) is 26.6 Å². The monoisotopic (exact) mass is 526 g/mol. The first-order valence-electron chi connectivity index (χ1n) is 13.6. The number of aromatic nitrogens is 3. The highest BCUT2D eigenvalue weighted by molar-refractivity contribution is 6.05. The maximum atomic E-state index is 13.6. The maximum Gasteiger partial charge on any atom is 0.298 e. The van der Waals surface area contributed by atoms with Crippen LogP contribution in [0.15, 0.2) is 48.7 Å². The molecule has 9 heteroatoms. The summed E-state index contributed by atoms with van der Waals surface area (Å²) in [4.78, 5) is 33.2. The summed E-state index contributed by atoms with van der Waals surface area (Å²) in [5.74, 6) is 0.248. The van der Waals surface area contributed by atoms with Gasteiger partial charge in [0.2, 0.25) is 5.91 Å². The molecule has 2 aliphatic rings. The van der Waals surface area contributed by atoms with Crippen molar-refractivity contribution in [3.8, 4) is 11.1 Å². The number of fused-ring (bicyclic) bond motifs is 2. The van der Waals surface area contributed by atoms with Crippen LogP contribution < -0.4 is 10.6 Å². The predicted molar refractivity (Wildman–Crippen MR) is 151 cm³/mol. The molecule has 0 aliphatic carbocycles. The van der Waals surface area contributed by atoms with Gasteiger partial charge in [0.15, 0.2) is 5.82 Å². The Morgan fingerprint density at radius 1 is 1.15 bits per heavy atom. The molecule has 4 aromatic rings. The molecule has 1 unspecified atom stereocenters. The van der Waals surface area contributed by atoms with Gasteiger partial charge in [-0.3, -0.25) is 14.2 Å². The van der Waals surface area contributed by atoms with E-state index in [0.29, 0.717) is 25.3 Å². The van der Waals surface area contributed by atoms with Crippen molar-refractivity contribution in [1.82, 2.24) is 24.3 Å². The van der Waals surface area contributed by atoms with Gasteiger partial charge in [-0.1, -0.05) is 24.3 Å². The van der Waals surface area contributed by atoms with Gasteiger partial charge < -0.3 is 25.2 Å². The molecule has 0 radical (unpaired) electrons. The Morgan fingerprint density at radius 2 is 1.97 bits per heavy atom. The first kappa shape index (κ1) is 25.5. The normalized spacial score (nSPS) is 17.5. The minimum atomic E-state index is -0.286. The first-order chi connectivity index (χ1) is 18.9. The van der Waals surface area contributed by atoms with E-state index in [0.717, 1.165) is 77.1 Å². The molecule has 0 spiro atoms. The van der Waals surface area contributed by atoms with Crippen LogP contribution in [0.5, 0.6) is 0 Å². The lowest BCUT2D eigenvalue weighted by atomic mass is 9.96. The standard InChI is InChI=1S/C30H34N6O3/c1-19-21(5-3-7-24(19)32-28(38)12-15-35-14-10-20(37)18-35)22-6-4-8-26-23(22)11-16-36(26)30(39)29-33-25-9-13-31-17-27(25)34(29)2/h3-8,11,16,20,31,37H,9-10,12-15,17-18H2,1-2H3,(H,32,38). The van der Waals surface area contributed by atoms with Gasteiger partial charge in [0, 0.05) is 69.9 Å². The summed E-state index contributed by atoms with van der Waals surface area (Å²) in [7, 11) is 1.90. The Kier molecular flexibility index (Phi) is 6.80. The number of amides is 1. The fourth-order valence-electron chi connectivity index (χ4n) is 5.85. The summed E-state index contributed by atoms with van der Waals surface area (Å²) >= 11 is 0. The molecule has 6 rings (SSSR count). The number of β-amino-alcohol motifs (C(OH)–C–C–N with tert-alkyl or cyclic N) is 1. The molecule has 0 saturated carbocycles. The smallest absolute Gasteiger partial charge is 0.298 e. The Bertz CT molecular complexity index is 1570. The molecule has 9 nitrogen and oxygen atoms in total. The number of rotatable bonds is 6. The van der Waals surface area contributed by atoms with Crippen molar-refractivity contribution in [2.45, 2.75) is 38.8 Å². The summed E-state index contributed by atoms with van der Waals surface area (Å²) in [5.41, 5.74) is 6.63. The van der Waals surface area contributed by atoms with Crippen LogP contribution in [0.4, 0.5) is 5.69 Å². The van der Waals surface area contributed by atoms with Gasteiger partial charge in [-0.2, -0.15) is 0 Å². The SMILES string of the molecule is Cc1c(NC(=O)CCN2CCC(O)C2)cccc1-c1cccc2c1ccn2C(=O)c1nc2c(n1C)CNCC2. The third-order valence-corrected chi connectivity index (χ3v) is 8.07. The van der Waals surface area contributed by atoms with Crippen LogP contribution in [0.2, 0.25) is 0 Å². The molecule has 1 amide bonds. The summed E-state index contributed by atoms with van der Waals surface area (Å²) < 4.78 is 3.58. The van der Waals surface area contributed by atoms with Crippen molar-refractivity contribution in [2.24, 2.45) is 7.05 Å². The van der Waals surface area contributed by atoms with Crippen molar-refractivity contribution < 1.29 is 14.7 Å². The Hall–Kier alpha value is -3.79. The second-order valence-corrected chi connectivity index (χ2v) is 10.6. The highest BCUT2D eigenvalue weighted by atomic mass is 16.3. The number of aliphatic hydroxyl groups is 1. The fraction of sp³-hybridized carbons (Fsp3) is 0.367. The van der Waals surface area contributed by atoms with Crippen LogP contribution in [-0.2, 0) is 24.8 Å². The molecule has 2 aromatic carbocycles. The number of aliphatic hydroxyl groups excluding tert-OH is 1. The Balaban J connectivity index is 1.26. The average Bonchev–Trinajstić information content (AvgIpc) is 3.65. The quantitative estimate of drug-likeness (QED) is 0.357. The zero-order valence-corrected chi connectivity index (χ0v) is 22.4. The second-order valence-electron chi connectivity index (χ2n) is 10.6. The van der Waals surface area contributed by atoms with Crippen molar-refractivity contribution in [3.05, 3.63) is 71.4 Å². The average molecular weight is 527 g/mol. The minimum absolute atomic E-state index is 0.0421. The fourth-order valence-corrected chi connectivity index (χ4v) is 5.85. The lowest BCUT2D eigenvalue weighted by Gasteiger charge is -2.16. The van der Waals surface area contributed by atoms with E-state index >= 15 is 0 Å². The van der Waals surface area contributed by atoms with Gasteiger partial charge in [-0.25, -0.2) is 4.98 Å². The number of imidazole rings is 1. The van der Waals surface area contributed by atoms with Crippen LogP contribution in [0.3, 0.4) is 0 Å². The molecule has 202 valence electrons. The molecule has 0 bridgehead atoms. The maximum absolute atomic E-state index is 13.6. The molecule has 2 aliphatic heterocycles. The van der Waals surface area contributed by atoms with E-state index in [9.17, 15) is 14.7 Å². The van der Waals surface area contributed by atoms with Crippen molar-refractivity contribution >= 4 is 28.4 Å². The van der Waals surface area contributed by atoms with E-state index in [4.69, 9.17) is 0 Å². The number of benzene rings is 2. The summed E-state index contributed by atoms with van der Waals surface area (Å²) in [5, 5.41) is 17.1. The molecular formula is C30H34N6O3. The van der Waals surface area contributed by atoms with Crippen LogP contribution in [0.1, 0.15) is 40.4 Å². The van der Waals surface area contributed by atoms with Gasteiger partial charge in [0.25, 0.3) is 5.91 Å². The van der Waals surface area contributed by atoms with E-state index in [-0.39, 0.29) is 17.9 Å². The number of likely N-dealkylation sites (tertiary alicyclic amines) is 1. The minimum Gasteiger partial charge on any atom is -0.392 e. The van der Waals surface area contributed by atoms with E-state index in [1.807, 2.05) is 61.1 Å². The molecule has 1 fully saturated rings. The first-order valence-corrected chi connectivity index (χ1v) is 13.6. The molecule has 2 aromatic heterocycles. The third-order valence-electron chi connectivity index (χ3n) is 8.07. The second kappa shape index (κ2) is 10.4. The van der Waals surface area contributed by atoms with Crippen LogP contribution in [-0.4, -0.2) is 68.2 Å². The molecule has 1 saturated heterocycles. The topological polar surface area (TPSA) is 104 Å². The van der Waals surface area contributed by atoms with Gasteiger partial charge in [0.1, 0.15) is 0 Å². The highest BCUT2D eigenvalue weighted by Crippen LogP contribution is 2.34. The molecule has 4 heterocycles. The van der Waals surface area contributed by atoms with Gasteiger partial charge >= 0.3 is 0 Å². The van der Waals surface area contributed by atoms with Crippen LogP contribution in [0.25, 0.3) is 22.0 Å². The Labute approximate surface area is 227 Å². The highest BCUT2D eigenvalue weighted by Gasteiger charge is 2.24. The number of nitrogens with one attached hydrogen (secondary N) is 2. The number of nitrogens with zero attached hydrogens (tertiary/aromatic N) is 4. The molecule has 39 heavy (non-hydrogen) atoms. The number of hydrogen-bond donors (Lipinski definition) is 3. The molecule has 1 atom stereocenters. The number of anilines is 1. The summed E-state index contributed by atoms with van der Waals surface area (Å²) in [6.45, 7) is 5.70. The largest absolute Gasteiger partial charge is 0.392 e. The van der Waals surface area contributed by atoms with E-state index < -0.39 is 0 Å². The Morgan fingerprint density at radius 3 is 2.77 bits per heavy atom. The lowest BCUT2D eigenvalue weighted by Crippen LogP contribution is -2.26. The zero-order chi connectivity index (χ0) is 27.1.